The van der Waals surface area contributed by atoms with E-state index in [2.05, 4.69) is 9.97 Å². The van der Waals surface area contributed by atoms with Gasteiger partial charge in [0.1, 0.15) is 11.3 Å². The molecule has 3 rings (SSSR count). The third-order valence-corrected chi connectivity index (χ3v) is 4.50. The van der Waals surface area contributed by atoms with Crippen LogP contribution in [0.2, 0.25) is 0 Å². The van der Waals surface area contributed by atoms with Crippen molar-refractivity contribution in [3.63, 3.8) is 0 Å². The zero-order valence-corrected chi connectivity index (χ0v) is 11.3. The van der Waals surface area contributed by atoms with E-state index in [1.807, 2.05) is 6.07 Å². The summed E-state index contributed by atoms with van der Waals surface area (Å²) >= 11 is 0. The summed E-state index contributed by atoms with van der Waals surface area (Å²) in [4.78, 5) is 7.80. The number of imidazole rings is 1. The van der Waals surface area contributed by atoms with Crippen LogP contribution in [0, 0.1) is 0 Å². The van der Waals surface area contributed by atoms with Crippen LogP contribution in [0.1, 0.15) is 11.7 Å². The highest BCUT2D eigenvalue weighted by Gasteiger charge is 2.29. The molecule has 7 heteroatoms. The van der Waals surface area contributed by atoms with Gasteiger partial charge in [-0.05, 0) is 12.1 Å². The number of aromatic nitrogens is 2. The van der Waals surface area contributed by atoms with Gasteiger partial charge in [-0.25, -0.2) is 13.4 Å². The monoisotopic (exact) mass is 281 g/mol. The summed E-state index contributed by atoms with van der Waals surface area (Å²) in [6, 6.07) is 4.96. The van der Waals surface area contributed by atoms with Crippen molar-refractivity contribution in [2.45, 2.75) is 16.9 Å². The van der Waals surface area contributed by atoms with Crippen LogP contribution < -0.4 is 5.73 Å². The zero-order valence-electron chi connectivity index (χ0n) is 10.5. The lowest BCUT2D eigenvalue weighted by atomic mass is 10.0. The van der Waals surface area contributed by atoms with Gasteiger partial charge in [0, 0.05) is 12.3 Å². The minimum atomic E-state index is -3.30. The smallest absolute Gasteiger partial charge is 0.177 e. The first kappa shape index (κ1) is 12.6. The second kappa shape index (κ2) is 4.29. The first-order valence-corrected chi connectivity index (χ1v) is 7.88. The molecule has 1 aliphatic rings. The highest BCUT2D eigenvalue weighted by molar-refractivity contribution is 7.91. The lowest BCUT2D eigenvalue weighted by molar-refractivity contribution is 0.190. The highest BCUT2D eigenvalue weighted by atomic mass is 32.2. The molecule has 2 heterocycles. The molecule has 3 N–H and O–H groups in total. The van der Waals surface area contributed by atoms with Crippen molar-refractivity contribution in [3.05, 3.63) is 24.0 Å². The van der Waals surface area contributed by atoms with Crippen LogP contribution >= 0.6 is 0 Å². The first-order valence-electron chi connectivity index (χ1n) is 5.99. The number of para-hydroxylation sites is 1. The molecule has 1 aromatic carbocycles. The van der Waals surface area contributed by atoms with Gasteiger partial charge in [0.25, 0.3) is 0 Å². The van der Waals surface area contributed by atoms with E-state index in [1.165, 1.54) is 6.26 Å². The molecule has 2 atom stereocenters. The number of nitrogens with zero attached hydrogens (tertiary/aromatic N) is 1. The normalized spacial score (nSPS) is 24.1. The van der Waals surface area contributed by atoms with Crippen molar-refractivity contribution in [2.24, 2.45) is 5.73 Å². The van der Waals surface area contributed by atoms with E-state index in [9.17, 15) is 8.42 Å². The summed E-state index contributed by atoms with van der Waals surface area (Å²) in [5.74, 6) is 0.677. The van der Waals surface area contributed by atoms with Crippen LogP contribution in [0.5, 0.6) is 0 Å². The number of rotatable bonds is 2. The van der Waals surface area contributed by atoms with E-state index in [4.69, 9.17) is 10.5 Å². The van der Waals surface area contributed by atoms with E-state index in [-0.39, 0.29) is 16.9 Å². The molecule has 1 saturated heterocycles. The van der Waals surface area contributed by atoms with E-state index >= 15 is 0 Å². The van der Waals surface area contributed by atoms with Crippen LogP contribution in [0.25, 0.3) is 11.0 Å². The number of nitrogens with two attached hydrogens (primary N) is 1. The lowest BCUT2D eigenvalue weighted by Crippen LogP contribution is -2.27. The Balaban J connectivity index is 2.16. The molecule has 0 bridgehead atoms. The number of hydrogen-bond donors (Lipinski definition) is 2. The molecule has 19 heavy (non-hydrogen) atoms. The summed E-state index contributed by atoms with van der Waals surface area (Å²) in [5, 5.41) is 0. The fourth-order valence-electron chi connectivity index (χ4n) is 2.35. The number of hydrogen-bond acceptors (Lipinski definition) is 5. The predicted molar refractivity (Wildman–Crippen MR) is 70.7 cm³/mol. The number of benzene rings is 1. The largest absolute Gasteiger partial charge is 0.379 e. The van der Waals surface area contributed by atoms with Gasteiger partial charge in [0.05, 0.1) is 29.5 Å². The zero-order chi connectivity index (χ0) is 13.6. The Kier molecular flexibility index (Phi) is 2.84. The second-order valence-electron chi connectivity index (χ2n) is 4.85. The highest BCUT2D eigenvalue weighted by Crippen LogP contribution is 2.27. The summed E-state index contributed by atoms with van der Waals surface area (Å²) in [7, 11) is -3.30. The van der Waals surface area contributed by atoms with Gasteiger partial charge in [0.15, 0.2) is 9.84 Å². The fourth-order valence-corrected chi connectivity index (χ4v) is 3.18. The molecule has 1 fully saturated rings. The minimum Gasteiger partial charge on any atom is -0.379 e. The quantitative estimate of drug-likeness (QED) is 0.830. The summed E-state index contributed by atoms with van der Waals surface area (Å²) in [6.45, 7) is 1.01. The number of sulfone groups is 1. The van der Waals surface area contributed by atoms with Gasteiger partial charge in [-0.3, -0.25) is 0 Å². The number of H-pyrrole nitrogens is 1. The minimum absolute atomic E-state index is 0.0141. The van der Waals surface area contributed by atoms with Gasteiger partial charge in [-0.2, -0.15) is 0 Å². The molecule has 1 aliphatic heterocycles. The van der Waals surface area contributed by atoms with Crippen LogP contribution in [0.15, 0.2) is 23.1 Å². The molecular formula is C12H15N3O3S. The molecule has 0 spiro atoms. The Labute approximate surface area is 110 Å². The van der Waals surface area contributed by atoms with E-state index in [0.29, 0.717) is 30.1 Å². The molecule has 6 nitrogen and oxygen atoms in total. The Morgan fingerprint density at radius 2 is 2.21 bits per heavy atom. The molecule has 1 aromatic heterocycles. The third kappa shape index (κ3) is 2.13. The molecule has 2 aromatic rings. The van der Waals surface area contributed by atoms with Gasteiger partial charge in [-0.1, -0.05) is 6.07 Å². The van der Waals surface area contributed by atoms with E-state index in [0.717, 1.165) is 0 Å². The maximum absolute atomic E-state index is 11.7. The van der Waals surface area contributed by atoms with Crippen LogP contribution in [-0.2, 0) is 14.6 Å². The molecule has 0 radical (unpaired) electrons. The van der Waals surface area contributed by atoms with Crippen molar-refractivity contribution in [1.82, 2.24) is 9.97 Å². The third-order valence-electron chi connectivity index (χ3n) is 3.37. The molecular weight excluding hydrogens is 266 g/mol. The summed E-state index contributed by atoms with van der Waals surface area (Å²) in [5.41, 5.74) is 7.13. The van der Waals surface area contributed by atoms with Gasteiger partial charge in [-0.15, -0.1) is 0 Å². The number of ether oxygens (including phenoxy) is 1. The average molecular weight is 281 g/mol. The molecule has 0 saturated carbocycles. The maximum Gasteiger partial charge on any atom is 0.177 e. The average Bonchev–Trinajstić information content (AvgIpc) is 2.91. The predicted octanol–water partition coefficient (Wildman–Crippen LogP) is 0.408. The Hall–Kier alpha value is -1.44. The SMILES string of the molecule is CS(=O)(=O)c1cccc2[nH]c(C3COCC3N)nc12. The van der Waals surface area contributed by atoms with Crippen molar-refractivity contribution >= 4 is 20.9 Å². The van der Waals surface area contributed by atoms with Gasteiger partial charge in [0.2, 0.25) is 0 Å². The summed E-state index contributed by atoms with van der Waals surface area (Å²) in [6.07, 6.45) is 1.18. The molecule has 2 unspecified atom stereocenters. The van der Waals surface area contributed by atoms with Crippen LogP contribution in [-0.4, -0.2) is 43.9 Å². The molecule has 0 amide bonds. The topological polar surface area (TPSA) is 98.1 Å². The first-order chi connectivity index (χ1) is 8.97. The van der Waals surface area contributed by atoms with Crippen LogP contribution in [0.4, 0.5) is 0 Å². The summed E-state index contributed by atoms with van der Waals surface area (Å²) < 4.78 is 28.8. The second-order valence-corrected chi connectivity index (χ2v) is 6.84. The lowest BCUT2D eigenvalue weighted by Gasteiger charge is -2.08. The van der Waals surface area contributed by atoms with Crippen molar-refractivity contribution in [1.29, 1.82) is 0 Å². The van der Waals surface area contributed by atoms with Gasteiger partial charge >= 0.3 is 0 Å². The number of aromatic amines is 1. The molecule has 102 valence electrons. The Bertz CT molecular complexity index is 723. The van der Waals surface area contributed by atoms with Crippen molar-refractivity contribution in [3.8, 4) is 0 Å². The number of nitrogens with one attached hydrogen (secondary N) is 1. The fraction of sp³-hybridized carbons (Fsp3) is 0.417. The molecule has 0 aliphatic carbocycles. The van der Waals surface area contributed by atoms with Crippen molar-refractivity contribution < 1.29 is 13.2 Å². The Morgan fingerprint density at radius 3 is 2.84 bits per heavy atom. The number of fused-ring (bicyclic) bond motifs is 1. The Morgan fingerprint density at radius 1 is 1.42 bits per heavy atom. The maximum atomic E-state index is 11.7. The van der Waals surface area contributed by atoms with Gasteiger partial charge < -0.3 is 15.5 Å². The van der Waals surface area contributed by atoms with Crippen molar-refractivity contribution in [2.75, 3.05) is 19.5 Å². The van der Waals surface area contributed by atoms with Crippen LogP contribution in [0.3, 0.4) is 0 Å². The van der Waals surface area contributed by atoms with E-state index < -0.39 is 9.84 Å². The van der Waals surface area contributed by atoms with E-state index in [1.54, 1.807) is 12.1 Å². The standard InChI is InChI=1S/C12H15N3O3S/c1-19(16,17)10-4-2-3-9-11(10)15-12(14-9)7-5-18-6-8(7)13/h2-4,7-8H,5-6,13H2,1H3,(H,14,15).